The van der Waals surface area contributed by atoms with Crippen molar-refractivity contribution in [3.8, 4) is 10.4 Å². The number of hydrogen-bond donors (Lipinski definition) is 1. The monoisotopic (exact) mass is 384 g/mol. The number of thiophene rings is 1. The molecule has 1 amide bonds. The molecule has 2 aromatic rings. The highest BCUT2D eigenvalue weighted by atomic mass is 35.5. The summed E-state index contributed by atoms with van der Waals surface area (Å²) >= 11 is 7.29. The Bertz CT molecular complexity index is 740. The second kappa shape index (κ2) is 7.40. The van der Waals surface area contributed by atoms with Crippen LogP contribution in [0.15, 0.2) is 36.4 Å². The van der Waals surface area contributed by atoms with Crippen molar-refractivity contribution in [3.63, 3.8) is 0 Å². The molecule has 0 unspecified atom stereocenters. The molecule has 7 heteroatoms. The van der Waals surface area contributed by atoms with E-state index in [0.717, 1.165) is 10.4 Å². The van der Waals surface area contributed by atoms with Crippen molar-refractivity contribution in [3.05, 3.63) is 46.3 Å². The maximum atomic E-state index is 14.5. The summed E-state index contributed by atoms with van der Waals surface area (Å²) in [4.78, 5) is 14.6. The smallest absolute Gasteiger partial charge is 0.281 e. The standard InChI is InChI=1S/C18H19ClF2N2OS/c19-16-6-5-15(25-16)12-1-3-13(4-2-12)18(20,21)11-17(24)23-9-7-14(22)8-10-23/h1-6,14H,7-11,22H2. The zero-order valence-electron chi connectivity index (χ0n) is 13.6. The van der Waals surface area contributed by atoms with E-state index >= 15 is 0 Å². The van der Waals surface area contributed by atoms with Gasteiger partial charge >= 0.3 is 0 Å². The van der Waals surface area contributed by atoms with Gasteiger partial charge in [-0.05, 0) is 30.5 Å². The van der Waals surface area contributed by atoms with Gasteiger partial charge in [0.2, 0.25) is 5.91 Å². The summed E-state index contributed by atoms with van der Waals surface area (Å²) in [6.45, 7) is 0.905. The molecule has 0 aliphatic carbocycles. The maximum absolute atomic E-state index is 14.5. The molecule has 1 aliphatic rings. The molecule has 1 aromatic heterocycles. The Morgan fingerprint density at radius 2 is 1.84 bits per heavy atom. The minimum Gasteiger partial charge on any atom is -0.342 e. The van der Waals surface area contributed by atoms with Gasteiger partial charge < -0.3 is 10.6 Å². The molecule has 134 valence electrons. The third kappa shape index (κ3) is 4.37. The molecular weight excluding hydrogens is 366 g/mol. The van der Waals surface area contributed by atoms with Gasteiger partial charge in [0, 0.05) is 29.6 Å². The van der Waals surface area contributed by atoms with Crippen LogP contribution in [0.5, 0.6) is 0 Å². The first-order valence-electron chi connectivity index (χ1n) is 8.12. The van der Waals surface area contributed by atoms with Gasteiger partial charge in [-0.2, -0.15) is 0 Å². The fourth-order valence-corrected chi connectivity index (χ4v) is 3.95. The van der Waals surface area contributed by atoms with Crippen LogP contribution in [0.3, 0.4) is 0 Å². The minimum atomic E-state index is -3.19. The number of alkyl halides is 2. The van der Waals surface area contributed by atoms with Crippen LogP contribution in [-0.2, 0) is 10.7 Å². The first kappa shape index (κ1) is 18.3. The van der Waals surface area contributed by atoms with Crippen molar-refractivity contribution in [1.29, 1.82) is 0 Å². The Kier molecular flexibility index (Phi) is 5.41. The van der Waals surface area contributed by atoms with E-state index in [1.54, 1.807) is 18.2 Å². The summed E-state index contributed by atoms with van der Waals surface area (Å²) in [6, 6.07) is 9.71. The number of nitrogens with two attached hydrogens (primary N) is 1. The summed E-state index contributed by atoms with van der Waals surface area (Å²) in [5, 5.41) is 0. The SMILES string of the molecule is NC1CCN(C(=O)CC(F)(F)c2ccc(-c3ccc(Cl)s3)cc2)CC1. The molecule has 25 heavy (non-hydrogen) atoms. The molecule has 3 nitrogen and oxygen atoms in total. The summed E-state index contributed by atoms with van der Waals surface area (Å²) in [5.41, 5.74) is 6.46. The largest absolute Gasteiger partial charge is 0.342 e. The average molecular weight is 385 g/mol. The lowest BCUT2D eigenvalue weighted by molar-refractivity contribution is -0.140. The molecular formula is C18H19ClF2N2OS. The summed E-state index contributed by atoms with van der Waals surface area (Å²) in [7, 11) is 0. The molecule has 0 radical (unpaired) electrons. The summed E-state index contributed by atoms with van der Waals surface area (Å²) < 4.78 is 29.6. The van der Waals surface area contributed by atoms with Crippen LogP contribution in [0, 0.1) is 0 Å². The Morgan fingerprint density at radius 1 is 1.20 bits per heavy atom. The van der Waals surface area contributed by atoms with E-state index in [1.807, 2.05) is 6.07 Å². The molecule has 2 heterocycles. The van der Waals surface area contributed by atoms with Gasteiger partial charge in [-0.1, -0.05) is 35.9 Å². The number of rotatable bonds is 4. The fraction of sp³-hybridized carbons (Fsp3) is 0.389. The van der Waals surface area contributed by atoms with Crippen LogP contribution in [-0.4, -0.2) is 29.9 Å². The van der Waals surface area contributed by atoms with E-state index in [2.05, 4.69) is 0 Å². The van der Waals surface area contributed by atoms with Crippen molar-refractivity contribution in [1.82, 2.24) is 4.90 Å². The summed E-state index contributed by atoms with van der Waals surface area (Å²) in [5.74, 6) is -3.71. The van der Waals surface area contributed by atoms with Gasteiger partial charge in [0.05, 0.1) is 10.8 Å². The zero-order chi connectivity index (χ0) is 18.0. The number of carbonyl (C=O) groups excluding carboxylic acids is 1. The molecule has 1 saturated heterocycles. The third-order valence-electron chi connectivity index (χ3n) is 4.43. The molecule has 0 bridgehead atoms. The molecule has 3 rings (SSSR count). The number of benzene rings is 1. The van der Waals surface area contributed by atoms with Crippen molar-refractivity contribution in [2.45, 2.75) is 31.2 Å². The average Bonchev–Trinajstić information content (AvgIpc) is 3.01. The van der Waals surface area contributed by atoms with Gasteiger partial charge in [-0.15, -0.1) is 11.3 Å². The van der Waals surface area contributed by atoms with Gasteiger partial charge in [0.1, 0.15) is 0 Å². The second-order valence-corrected chi connectivity index (χ2v) is 8.00. The number of carbonyl (C=O) groups is 1. The Labute approximate surface area is 154 Å². The van der Waals surface area contributed by atoms with E-state index in [4.69, 9.17) is 17.3 Å². The molecule has 1 fully saturated rings. The van der Waals surface area contributed by atoms with Crippen LogP contribution in [0.2, 0.25) is 4.34 Å². The normalized spacial score (nSPS) is 16.2. The van der Waals surface area contributed by atoms with Crippen LogP contribution >= 0.6 is 22.9 Å². The first-order valence-corrected chi connectivity index (χ1v) is 9.32. The van der Waals surface area contributed by atoms with Gasteiger partial charge in [0.15, 0.2) is 0 Å². The Hall–Kier alpha value is -1.50. The first-order chi connectivity index (χ1) is 11.8. The number of likely N-dealkylation sites (tertiary alicyclic amines) is 1. The van der Waals surface area contributed by atoms with Crippen molar-refractivity contribution in [2.24, 2.45) is 5.73 Å². The predicted octanol–water partition coefficient (Wildman–Crippen LogP) is 4.50. The van der Waals surface area contributed by atoms with Crippen molar-refractivity contribution < 1.29 is 13.6 Å². The van der Waals surface area contributed by atoms with E-state index in [0.29, 0.717) is 30.3 Å². The lowest BCUT2D eigenvalue weighted by atomic mass is 10.0. The Morgan fingerprint density at radius 3 is 2.40 bits per heavy atom. The van der Waals surface area contributed by atoms with Crippen LogP contribution in [0.4, 0.5) is 8.78 Å². The van der Waals surface area contributed by atoms with Crippen LogP contribution in [0.1, 0.15) is 24.8 Å². The molecule has 1 aliphatic heterocycles. The van der Waals surface area contributed by atoms with Gasteiger partial charge in [-0.3, -0.25) is 4.79 Å². The number of nitrogens with zero attached hydrogens (tertiary/aromatic N) is 1. The number of piperidine rings is 1. The number of halogens is 3. The fourth-order valence-electron chi connectivity index (χ4n) is 2.90. The van der Waals surface area contributed by atoms with E-state index in [-0.39, 0.29) is 11.6 Å². The van der Waals surface area contributed by atoms with E-state index < -0.39 is 18.3 Å². The van der Waals surface area contributed by atoms with Crippen LogP contribution in [0.25, 0.3) is 10.4 Å². The second-order valence-electron chi connectivity index (χ2n) is 6.28. The molecule has 0 saturated carbocycles. The van der Waals surface area contributed by atoms with Crippen molar-refractivity contribution in [2.75, 3.05) is 13.1 Å². The molecule has 0 atom stereocenters. The number of amides is 1. The molecule has 0 spiro atoms. The summed E-state index contributed by atoms with van der Waals surface area (Å²) in [6.07, 6.45) is 0.511. The quantitative estimate of drug-likeness (QED) is 0.843. The predicted molar refractivity (Wildman–Crippen MR) is 97.1 cm³/mol. The lowest BCUT2D eigenvalue weighted by Crippen LogP contribution is -2.44. The highest BCUT2D eigenvalue weighted by Gasteiger charge is 2.36. The topological polar surface area (TPSA) is 46.3 Å². The molecule has 1 aromatic carbocycles. The minimum absolute atomic E-state index is 0.0582. The molecule has 2 N–H and O–H groups in total. The number of hydrogen-bond acceptors (Lipinski definition) is 3. The van der Waals surface area contributed by atoms with Gasteiger partial charge in [-0.25, -0.2) is 8.78 Å². The van der Waals surface area contributed by atoms with Crippen molar-refractivity contribution >= 4 is 28.8 Å². The van der Waals surface area contributed by atoms with E-state index in [1.165, 1.54) is 28.4 Å². The lowest BCUT2D eigenvalue weighted by Gasteiger charge is -2.31. The van der Waals surface area contributed by atoms with Crippen LogP contribution < -0.4 is 5.73 Å². The highest BCUT2D eigenvalue weighted by Crippen LogP contribution is 2.36. The zero-order valence-corrected chi connectivity index (χ0v) is 15.1. The maximum Gasteiger partial charge on any atom is 0.281 e. The van der Waals surface area contributed by atoms with Gasteiger partial charge in [0.25, 0.3) is 5.92 Å². The van der Waals surface area contributed by atoms with E-state index in [9.17, 15) is 13.6 Å². The Balaban J connectivity index is 1.68. The third-order valence-corrected chi connectivity index (χ3v) is 5.71. The highest BCUT2D eigenvalue weighted by molar-refractivity contribution is 7.19.